The van der Waals surface area contributed by atoms with Gasteiger partial charge >= 0.3 is 0 Å². The van der Waals surface area contributed by atoms with Crippen molar-refractivity contribution >= 4 is 0 Å². The molecule has 0 spiro atoms. The predicted octanol–water partition coefficient (Wildman–Crippen LogP) is 1.14. The molecule has 3 unspecified atom stereocenters. The van der Waals surface area contributed by atoms with Crippen LogP contribution >= 0.6 is 0 Å². The van der Waals surface area contributed by atoms with Gasteiger partial charge in [-0.05, 0) is 26.1 Å². The van der Waals surface area contributed by atoms with E-state index in [1.165, 1.54) is 0 Å². The van der Waals surface area contributed by atoms with Gasteiger partial charge in [-0.25, -0.2) is 0 Å². The number of hydrogen-bond acceptors (Lipinski definition) is 4. The standard InChI is InChI=1S/C12H18N2O2/c1-8-10(5-4-6-14-8)16-11-7-9(13-2)12(11)15-3/h4-6,9,11-13H,7H2,1-3H3. The van der Waals surface area contributed by atoms with E-state index < -0.39 is 0 Å². The molecule has 4 nitrogen and oxygen atoms in total. The number of methoxy groups -OCH3 is 1. The summed E-state index contributed by atoms with van der Waals surface area (Å²) in [5, 5.41) is 3.21. The molecule has 1 N–H and O–H groups in total. The number of ether oxygens (including phenoxy) is 2. The predicted molar refractivity (Wildman–Crippen MR) is 61.7 cm³/mol. The molecule has 2 rings (SSSR count). The van der Waals surface area contributed by atoms with Crippen molar-refractivity contribution in [1.29, 1.82) is 0 Å². The van der Waals surface area contributed by atoms with Crippen molar-refractivity contribution in [1.82, 2.24) is 10.3 Å². The van der Waals surface area contributed by atoms with Gasteiger partial charge in [0, 0.05) is 25.8 Å². The van der Waals surface area contributed by atoms with Crippen LogP contribution in [0.25, 0.3) is 0 Å². The van der Waals surface area contributed by atoms with Gasteiger partial charge in [-0.1, -0.05) is 0 Å². The van der Waals surface area contributed by atoms with Crippen molar-refractivity contribution in [3.63, 3.8) is 0 Å². The lowest BCUT2D eigenvalue weighted by atomic mass is 9.85. The Kier molecular flexibility index (Phi) is 3.41. The second-order valence-electron chi connectivity index (χ2n) is 4.07. The van der Waals surface area contributed by atoms with Crippen LogP contribution in [-0.2, 0) is 4.74 Å². The average Bonchev–Trinajstić information content (AvgIpc) is 2.26. The zero-order chi connectivity index (χ0) is 11.5. The smallest absolute Gasteiger partial charge is 0.141 e. The molecule has 1 aliphatic carbocycles. The summed E-state index contributed by atoms with van der Waals surface area (Å²) < 4.78 is 11.3. The lowest BCUT2D eigenvalue weighted by molar-refractivity contribution is -0.0872. The Morgan fingerprint density at radius 1 is 1.50 bits per heavy atom. The topological polar surface area (TPSA) is 43.4 Å². The molecule has 0 amide bonds. The molecular formula is C12H18N2O2. The molecule has 1 aromatic rings. The Bertz CT molecular complexity index is 357. The minimum Gasteiger partial charge on any atom is -0.486 e. The third-order valence-electron chi connectivity index (χ3n) is 3.13. The van der Waals surface area contributed by atoms with Crippen molar-refractivity contribution in [2.24, 2.45) is 0 Å². The van der Waals surface area contributed by atoms with Crippen LogP contribution in [0.3, 0.4) is 0 Å². The largest absolute Gasteiger partial charge is 0.486 e. The Morgan fingerprint density at radius 2 is 2.31 bits per heavy atom. The molecule has 3 atom stereocenters. The Morgan fingerprint density at radius 3 is 2.94 bits per heavy atom. The van der Waals surface area contributed by atoms with Crippen LogP contribution < -0.4 is 10.1 Å². The van der Waals surface area contributed by atoms with Crippen LogP contribution in [-0.4, -0.2) is 37.4 Å². The van der Waals surface area contributed by atoms with Crippen LogP contribution in [0.5, 0.6) is 5.75 Å². The second-order valence-corrected chi connectivity index (χ2v) is 4.07. The molecule has 1 saturated carbocycles. The number of rotatable bonds is 4. The van der Waals surface area contributed by atoms with Crippen LogP contribution in [0.2, 0.25) is 0 Å². The Labute approximate surface area is 96.0 Å². The van der Waals surface area contributed by atoms with Crippen molar-refractivity contribution in [3.05, 3.63) is 24.0 Å². The van der Waals surface area contributed by atoms with E-state index in [-0.39, 0.29) is 12.2 Å². The summed E-state index contributed by atoms with van der Waals surface area (Å²) in [6, 6.07) is 4.23. The van der Waals surface area contributed by atoms with E-state index in [1.807, 2.05) is 26.1 Å². The minimum atomic E-state index is 0.129. The first-order valence-corrected chi connectivity index (χ1v) is 5.54. The fourth-order valence-electron chi connectivity index (χ4n) is 2.05. The quantitative estimate of drug-likeness (QED) is 0.829. The molecule has 88 valence electrons. The zero-order valence-electron chi connectivity index (χ0n) is 9.93. The maximum Gasteiger partial charge on any atom is 0.141 e. The highest BCUT2D eigenvalue weighted by Crippen LogP contribution is 2.29. The first kappa shape index (κ1) is 11.4. The second kappa shape index (κ2) is 4.80. The fourth-order valence-corrected chi connectivity index (χ4v) is 2.05. The molecular weight excluding hydrogens is 204 g/mol. The molecule has 0 bridgehead atoms. The molecule has 0 aromatic carbocycles. The zero-order valence-corrected chi connectivity index (χ0v) is 9.93. The SMILES string of the molecule is CNC1CC(Oc2cccnc2C)C1OC. The summed E-state index contributed by atoms with van der Waals surface area (Å²) in [4.78, 5) is 4.20. The Hall–Kier alpha value is -1.13. The van der Waals surface area contributed by atoms with Gasteiger partial charge in [-0.2, -0.15) is 0 Å². The molecule has 1 aliphatic rings. The van der Waals surface area contributed by atoms with Crippen LogP contribution in [0.4, 0.5) is 0 Å². The van der Waals surface area contributed by atoms with Gasteiger partial charge in [0.25, 0.3) is 0 Å². The van der Waals surface area contributed by atoms with Crippen molar-refractivity contribution in [2.75, 3.05) is 14.2 Å². The van der Waals surface area contributed by atoms with Gasteiger partial charge in [0.15, 0.2) is 0 Å². The lowest BCUT2D eigenvalue weighted by Crippen LogP contribution is -2.60. The fraction of sp³-hybridized carbons (Fsp3) is 0.583. The van der Waals surface area contributed by atoms with Gasteiger partial charge in [0.2, 0.25) is 0 Å². The molecule has 0 saturated heterocycles. The van der Waals surface area contributed by atoms with Gasteiger partial charge in [-0.3, -0.25) is 4.98 Å². The summed E-state index contributed by atoms with van der Waals surface area (Å²) in [5.41, 5.74) is 0.922. The third-order valence-corrected chi connectivity index (χ3v) is 3.13. The van der Waals surface area contributed by atoms with Gasteiger partial charge in [0.05, 0.1) is 5.69 Å². The molecule has 4 heteroatoms. The minimum absolute atomic E-state index is 0.129. The molecule has 1 aromatic heterocycles. The van der Waals surface area contributed by atoms with Crippen molar-refractivity contribution < 1.29 is 9.47 Å². The summed E-state index contributed by atoms with van der Waals surface area (Å²) in [6.07, 6.45) is 3.01. The molecule has 16 heavy (non-hydrogen) atoms. The monoisotopic (exact) mass is 222 g/mol. The maximum absolute atomic E-state index is 5.89. The highest BCUT2D eigenvalue weighted by atomic mass is 16.5. The number of pyridine rings is 1. The molecule has 1 fully saturated rings. The lowest BCUT2D eigenvalue weighted by Gasteiger charge is -2.43. The number of aromatic nitrogens is 1. The van der Waals surface area contributed by atoms with E-state index in [0.717, 1.165) is 17.9 Å². The highest BCUT2D eigenvalue weighted by Gasteiger charge is 2.42. The van der Waals surface area contributed by atoms with E-state index in [4.69, 9.17) is 9.47 Å². The summed E-state index contributed by atoms with van der Waals surface area (Å²) in [7, 11) is 3.67. The number of nitrogens with zero attached hydrogens (tertiary/aromatic N) is 1. The van der Waals surface area contributed by atoms with Crippen molar-refractivity contribution in [3.8, 4) is 5.75 Å². The number of likely N-dealkylation sites (N-methyl/N-ethyl adjacent to an activating group) is 1. The average molecular weight is 222 g/mol. The number of hydrogen-bond donors (Lipinski definition) is 1. The first-order chi connectivity index (χ1) is 7.76. The first-order valence-electron chi connectivity index (χ1n) is 5.54. The number of nitrogens with one attached hydrogen (secondary N) is 1. The van der Waals surface area contributed by atoms with Gasteiger partial charge in [-0.15, -0.1) is 0 Å². The summed E-state index contributed by atoms with van der Waals surface area (Å²) in [6.45, 7) is 1.95. The van der Waals surface area contributed by atoms with E-state index in [1.54, 1.807) is 13.3 Å². The van der Waals surface area contributed by atoms with E-state index in [0.29, 0.717) is 6.04 Å². The van der Waals surface area contributed by atoms with Crippen LogP contribution in [0.1, 0.15) is 12.1 Å². The van der Waals surface area contributed by atoms with Gasteiger partial charge < -0.3 is 14.8 Å². The van der Waals surface area contributed by atoms with E-state index in [9.17, 15) is 0 Å². The number of aryl methyl sites for hydroxylation is 1. The van der Waals surface area contributed by atoms with Gasteiger partial charge in [0.1, 0.15) is 18.0 Å². The maximum atomic E-state index is 5.89. The normalized spacial score (nSPS) is 28.6. The van der Waals surface area contributed by atoms with Crippen LogP contribution in [0, 0.1) is 6.92 Å². The van der Waals surface area contributed by atoms with Crippen molar-refractivity contribution in [2.45, 2.75) is 31.6 Å². The molecule has 0 radical (unpaired) electrons. The van der Waals surface area contributed by atoms with E-state index >= 15 is 0 Å². The van der Waals surface area contributed by atoms with E-state index in [2.05, 4.69) is 10.3 Å². The third kappa shape index (κ3) is 2.03. The Balaban J connectivity index is 1.99. The summed E-state index contributed by atoms with van der Waals surface area (Å²) >= 11 is 0. The van der Waals surface area contributed by atoms with Crippen LogP contribution in [0.15, 0.2) is 18.3 Å². The molecule has 1 heterocycles. The summed E-state index contributed by atoms with van der Waals surface area (Å²) in [5.74, 6) is 0.851. The molecule has 0 aliphatic heterocycles. The highest BCUT2D eigenvalue weighted by molar-refractivity contribution is 5.26.